The van der Waals surface area contributed by atoms with Crippen molar-refractivity contribution in [3.63, 3.8) is 0 Å². The molecular formula is C15H10Cl3F3N2O2. The van der Waals surface area contributed by atoms with Gasteiger partial charge in [0.15, 0.2) is 5.69 Å². The van der Waals surface area contributed by atoms with Gasteiger partial charge in [-0.05, 0) is 36.8 Å². The van der Waals surface area contributed by atoms with Crippen molar-refractivity contribution >= 4 is 40.9 Å². The minimum absolute atomic E-state index is 0.00907. The molecule has 0 unspecified atom stereocenters. The number of benzene rings is 1. The van der Waals surface area contributed by atoms with Crippen molar-refractivity contribution in [2.45, 2.75) is 13.1 Å². The molecule has 1 aromatic heterocycles. The van der Waals surface area contributed by atoms with Gasteiger partial charge in [0.1, 0.15) is 5.02 Å². The van der Waals surface area contributed by atoms with Gasteiger partial charge in [0.05, 0.1) is 5.69 Å². The van der Waals surface area contributed by atoms with Crippen LogP contribution in [0.1, 0.15) is 18.2 Å². The summed E-state index contributed by atoms with van der Waals surface area (Å²) in [6.45, 7) is 1.59. The first kappa shape index (κ1) is 19.6. The fourth-order valence-electron chi connectivity index (χ4n) is 2.22. The van der Waals surface area contributed by atoms with Gasteiger partial charge in [-0.15, -0.1) is 0 Å². The number of allylic oxidation sites excluding steroid dienone is 1. The maximum absolute atomic E-state index is 13.0. The SMILES string of the molecule is C/C(Cl)=C/c1cc(-n2c(=O)c(Cl)c(C(F)(F)F)n(C)c2=O)ccc1Cl. The van der Waals surface area contributed by atoms with Crippen LogP contribution in [0.5, 0.6) is 0 Å². The molecule has 0 aliphatic heterocycles. The zero-order valence-corrected chi connectivity index (χ0v) is 15.1. The lowest BCUT2D eigenvalue weighted by Crippen LogP contribution is -2.41. The molecule has 0 aliphatic carbocycles. The number of hydrogen-bond donors (Lipinski definition) is 0. The number of alkyl halides is 3. The van der Waals surface area contributed by atoms with E-state index in [9.17, 15) is 22.8 Å². The van der Waals surface area contributed by atoms with Gasteiger partial charge >= 0.3 is 11.9 Å². The Morgan fingerprint density at radius 3 is 2.32 bits per heavy atom. The summed E-state index contributed by atoms with van der Waals surface area (Å²) in [6.07, 6.45) is -3.47. The van der Waals surface area contributed by atoms with Gasteiger partial charge in [0.2, 0.25) is 0 Å². The van der Waals surface area contributed by atoms with Crippen molar-refractivity contribution < 1.29 is 13.2 Å². The van der Waals surface area contributed by atoms with E-state index in [2.05, 4.69) is 0 Å². The molecule has 0 saturated carbocycles. The highest BCUT2D eigenvalue weighted by Gasteiger charge is 2.38. The molecule has 0 saturated heterocycles. The summed E-state index contributed by atoms with van der Waals surface area (Å²) in [5.74, 6) is 0. The van der Waals surface area contributed by atoms with E-state index in [-0.39, 0.29) is 15.3 Å². The van der Waals surface area contributed by atoms with Crippen LogP contribution in [-0.4, -0.2) is 9.13 Å². The van der Waals surface area contributed by atoms with Gasteiger partial charge in [-0.1, -0.05) is 34.8 Å². The molecule has 134 valence electrons. The molecule has 0 atom stereocenters. The smallest absolute Gasteiger partial charge is 0.291 e. The lowest BCUT2D eigenvalue weighted by molar-refractivity contribution is -0.143. The zero-order valence-electron chi connectivity index (χ0n) is 12.8. The summed E-state index contributed by atoms with van der Waals surface area (Å²) in [5, 5.41) is -0.438. The molecule has 0 fully saturated rings. The summed E-state index contributed by atoms with van der Waals surface area (Å²) in [4.78, 5) is 24.6. The van der Waals surface area contributed by atoms with Crippen LogP contribution in [-0.2, 0) is 13.2 Å². The van der Waals surface area contributed by atoms with Crippen LogP contribution < -0.4 is 11.2 Å². The summed E-state index contributed by atoms with van der Waals surface area (Å²) in [5.41, 5.74) is -3.59. The molecule has 1 aromatic carbocycles. The molecule has 2 aromatic rings. The first-order valence-electron chi connectivity index (χ1n) is 6.67. The standard InChI is InChI=1S/C15H10Cl3F3N2O2/c1-7(16)5-8-6-9(3-4-10(8)17)23-13(24)11(18)12(15(19,20)21)22(2)14(23)25/h3-6H,1-2H3/b7-5-. The Hall–Kier alpha value is -1.70. The third-order valence-electron chi connectivity index (χ3n) is 3.27. The van der Waals surface area contributed by atoms with E-state index in [1.54, 1.807) is 6.92 Å². The lowest BCUT2D eigenvalue weighted by atomic mass is 10.2. The molecule has 25 heavy (non-hydrogen) atoms. The number of nitrogens with zero attached hydrogens (tertiary/aromatic N) is 2. The third-order valence-corrected chi connectivity index (χ3v) is 4.07. The largest absolute Gasteiger partial charge is 0.433 e. The highest BCUT2D eigenvalue weighted by molar-refractivity contribution is 6.34. The van der Waals surface area contributed by atoms with Crippen LogP contribution in [0, 0.1) is 0 Å². The van der Waals surface area contributed by atoms with E-state index in [1.807, 2.05) is 0 Å². The fraction of sp³-hybridized carbons (Fsp3) is 0.200. The van der Waals surface area contributed by atoms with Crippen molar-refractivity contribution in [3.8, 4) is 5.69 Å². The highest BCUT2D eigenvalue weighted by Crippen LogP contribution is 2.32. The Morgan fingerprint density at radius 1 is 1.20 bits per heavy atom. The summed E-state index contributed by atoms with van der Waals surface area (Å²) in [7, 11) is 0.882. The van der Waals surface area contributed by atoms with Gasteiger partial charge < -0.3 is 0 Å². The first-order chi connectivity index (χ1) is 11.4. The van der Waals surface area contributed by atoms with E-state index in [1.165, 1.54) is 24.3 Å². The van der Waals surface area contributed by atoms with Crippen LogP contribution in [0.25, 0.3) is 11.8 Å². The van der Waals surface area contributed by atoms with Gasteiger partial charge in [-0.3, -0.25) is 9.36 Å². The van der Waals surface area contributed by atoms with Gasteiger partial charge in [-0.25, -0.2) is 9.36 Å². The van der Waals surface area contributed by atoms with E-state index in [0.29, 0.717) is 15.2 Å². The molecule has 2 rings (SSSR count). The van der Waals surface area contributed by atoms with Gasteiger partial charge in [0, 0.05) is 17.1 Å². The maximum atomic E-state index is 13.0. The summed E-state index contributed by atoms with van der Waals surface area (Å²) >= 11 is 17.4. The van der Waals surface area contributed by atoms with E-state index >= 15 is 0 Å². The molecule has 4 nitrogen and oxygen atoms in total. The molecule has 0 amide bonds. The van der Waals surface area contributed by atoms with Gasteiger partial charge in [0.25, 0.3) is 5.56 Å². The highest BCUT2D eigenvalue weighted by atomic mass is 35.5. The molecular weight excluding hydrogens is 404 g/mol. The predicted molar refractivity (Wildman–Crippen MR) is 91.8 cm³/mol. The monoisotopic (exact) mass is 412 g/mol. The maximum Gasteiger partial charge on any atom is 0.433 e. The number of halogens is 6. The molecule has 0 aliphatic rings. The lowest BCUT2D eigenvalue weighted by Gasteiger charge is -2.16. The minimum atomic E-state index is -4.95. The van der Waals surface area contributed by atoms with Crippen LogP contribution in [0.3, 0.4) is 0 Å². The molecule has 0 spiro atoms. The molecule has 0 bridgehead atoms. The van der Waals surface area contributed by atoms with Crippen molar-refractivity contribution in [3.05, 3.63) is 65.4 Å². The second kappa shape index (κ2) is 6.90. The Bertz CT molecular complexity index is 950. The fourth-order valence-corrected chi connectivity index (χ4v) is 2.82. The summed E-state index contributed by atoms with van der Waals surface area (Å²) < 4.78 is 39.9. The van der Waals surface area contributed by atoms with Crippen molar-refractivity contribution in [1.82, 2.24) is 9.13 Å². The third kappa shape index (κ3) is 3.78. The first-order valence-corrected chi connectivity index (χ1v) is 7.81. The van der Waals surface area contributed by atoms with E-state index < -0.39 is 28.1 Å². The Morgan fingerprint density at radius 2 is 1.80 bits per heavy atom. The summed E-state index contributed by atoms with van der Waals surface area (Å²) in [6, 6.07) is 4.05. The Labute approximate surface area is 154 Å². The van der Waals surface area contributed by atoms with Gasteiger partial charge in [-0.2, -0.15) is 13.2 Å². The van der Waals surface area contributed by atoms with Crippen LogP contribution in [0.4, 0.5) is 13.2 Å². The number of aromatic nitrogens is 2. The topological polar surface area (TPSA) is 44.0 Å². The van der Waals surface area contributed by atoms with Crippen LogP contribution in [0.2, 0.25) is 10.0 Å². The average molecular weight is 414 g/mol. The second-order valence-corrected chi connectivity index (χ2v) is 6.46. The van der Waals surface area contributed by atoms with Crippen LogP contribution >= 0.6 is 34.8 Å². The Kier molecular flexibility index (Phi) is 5.41. The predicted octanol–water partition coefficient (Wildman–Crippen LogP) is 4.46. The van der Waals surface area contributed by atoms with Crippen molar-refractivity contribution in [2.75, 3.05) is 0 Å². The van der Waals surface area contributed by atoms with Crippen molar-refractivity contribution in [2.24, 2.45) is 7.05 Å². The average Bonchev–Trinajstić information content (AvgIpc) is 2.47. The number of hydrogen-bond acceptors (Lipinski definition) is 2. The zero-order chi connectivity index (χ0) is 19.1. The Balaban J connectivity index is 2.85. The molecule has 0 radical (unpaired) electrons. The molecule has 0 N–H and O–H groups in total. The van der Waals surface area contributed by atoms with Crippen LogP contribution in [0.15, 0.2) is 32.8 Å². The van der Waals surface area contributed by atoms with E-state index in [0.717, 1.165) is 7.05 Å². The molecule has 1 heterocycles. The quantitative estimate of drug-likeness (QED) is 0.729. The minimum Gasteiger partial charge on any atom is -0.291 e. The normalized spacial score (nSPS) is 12.6. The second-order valence-electron chi connectivity index (χ2n) is 5.08. The van der Waals surface area contributed by atoms with E-state index in [4.69, 9.17) is 34.8 Å². The number of rotatable bonds is 2. The molecule has 10 heteroatoms. The van der Waals surface area contributed by atoms with Crippen molar-refractivity contribution in [1.29, 1.82) is 0 Å².